The van der Waals surface area contributed by atoms with Crippen LogP contribution in [0.3, 0.4) is 0 Å². The molecule has 0 spiro atoms. The molecule has 2 N–H and O–H groups in total. The van der Waals surface area contributed by atoms with Gasteiger partial charge in [0, 0.05) is 16.6 Å². The zero-order chi connectivity index (χ0) is 41.4. The summed E-state index contributed by atoms with van der Waals surface area (Å²) in [6, 6.07) is 28.3. The minimum absolute atomic E-state index is 0.125. The standard InChI is InChI=1S/C50H62O7/c1-8-10-25-50(33-51,34-52)26-29-55-47-43(13-11-27-56-48(53)35(3)4)31-45(32-44(47)14-12-28-57-49(54)36(5)6)42-23-24-46(38(9-2)30-42)41-21-19-40(20-22-41)39-17-15-37(7)16-18-39/h15-24,30-32,51-52H,3,5,8-14,25-29,33-34H2,1-2,4,6-7H3. The summed E-state index contributed by atoms with van der Waals surface area (Å²) < 4.78 is 17.5. The molecule has 304 valence electrons. The largest absolute Gasteiger partial charge is 0.493 e. The van der Waals surface area contributed by atoms with Crippen molar-refractivity contribution in [2.75, 3.05) is 33.0 Å². The van der Waals surface area contributed by atoms with Gasteiger partial charge in [-0.05, 0) is 128 Å². The van der Waals surface area contributed by atoms with E-state index in [4.69, 9.17) is 14.2 Å². The highest BCUT2D eigenvalue weighted by Gasteiger charge is 2.28. The number of aliphatic hydroxyl groups excluding tert-OH is 2. The second-order valence-corrected chi connectivity index (χ2v) is 15.4. The number of hydrogen-bond donors (Lipinski definition) is 2. The highest BCUT2D eigenvalue weighted by atomic mass is 16.5. The molecule has 0 unspecified atom stereocenters. The van der Waals surface area contributed by atoms with Crippen LogP contribution in [-0.4, -0.2) is 55.2 Å². The van der Waals surface area contributed by atoms with Gasteiger partial charge in [0.1, 0.15) is 5.75 Å². The highest BCUT2D eigenvalue weighted by Crippen LogP contribution is 2.37. The SMILES string of the molecule is C=C(C)C(=O)OCCCc1cc(-c2ccc(-c3ccc(-c4ccc(C)cc4)cc3)c(CC)c2)cc(CCCOC(=O)C(=C)C)c1OCCC(CO)(CO)CCCC. The fourth-order valence-electron chi connectivity index (χ4n) is 6.93. The Kier molecular flexibility index (Phi) is 17.3. The van der Waals surface area contributed by atoms with Crippen molar-refractivity contribution in [3.63, 3.8) is 0 Å². The van der Waals surface area contributed by atoms with E-state index in [9.17, 15) is 19.8 Å². The summed E-state index contributed by atoms with van der Waals surface area (Å²) in [4.78, 5) is 24.3. The Morgan fingerprint density at radius 2 is 1.11 bits per heavy atom. The molecule has 0 aromatic heterocycles. The van der Waals surface area contributed by atoms with Crippen LogP contribution < -0.4 is 4.74 Å². The van der Waals surface area contributed by atoms with E-state index in [0.29, 0.717) is 56.3 Å². The first kappa shape index (κ1) is 44.7. The average Bonchev–Trinajstić information content (AvgIpc) is 3.22. The van der Waals surface area contributed by atoms with Crippen LogP contribution >= 0.6 is 0 Å². The molecule has 4 rings (SSSR count). The topological polar surface area (TPSA) is 102 Å². The van der Waals surface area contributed by atoms with Gasteiger partial charge < -0.3 is 24.4 Å². The molecule has 4 aromatic rings. The van der Waals surface area contributed by atoms with Crippen LogP contribution in [0.25, 0.3) is 33.4 Å². The van der Waals surface area contributed by atoms with Crippen LogP contribution in [0.5, 0.6) is 5.75 Å². The molecule has 57 heavy (non-hydrogen) atoms. The maximum atomic E-state index is 12.2. The minimum Gasteiger partial charge on any atom is -0.493 e. The van der Waals surface area contributed by atoms with Crippen molar-refractivity contribution in [1.29, 1.82) is 0 Å². The molecular formula is C50H62O7. The van der Waals surface area contributed by atoms with Crippen molar-refractivity contribution in [2.24, 2.45) is 5.41 Å². The minimum atomic E-state index is -0.636. The lowest BCUT2D eigenvalue weighted by atomic mass is 9.81. The molecule has 0 aliphatic heterocycles. The van der Waals surface area contributed by atoms with Crippen LogP contribution in [0.4, 0.5) is 0 Å². The smallest absolute Gasteiger partial charge is 0.333 e. The fraction of sp³-hybridized carbons (Fsp3) is 0.400. The highest BCUT2D eigenvalue weighted by molar-refractivity contribution is 5.87. The van der Waals surface area contributed by atoms with Gasteiger partial charge in [0.15, 0.2) is 0 Å². The van der Waals surface area contributed by atoms with Crippen molar-refractivity contribution >= 4 is 11.9 Å². The molecular weight excluding hydrogens is 713 g/mol. The quantitative estimate of drug-likeness (QED) is 0.0439. The lowest BCUT2D eigenvalue weighted by Crippen LogP contribution is -2.32. The summed E-state index contributed by atoms with van der Waals surface area (Å²) in [5.41, 5.74) is 11.3. The fourth-order valence-corrected chi connectivity index (χ4v) is 6.93. The van der Waals surface area contributed by atoms with E-state index in [1.807, 2.05) is 0 Å². The third-order valence-corrected chi connectivity index (χ3v) is 10.6. The van der Waals surface area contributed by atoms with Gasteiger partial charge in [-0.25, -0.2) is 9.59 Å². The number of carbonyl (C=O) groups is 2. The Morgan fingerprint density at radius 3 is 1.60 bits per heavy atom. The van der Waals surface area contributed by atoms with E-state index in [0.717, 1.165) is 52.8 Å². The number of rotatable bonds is 23. The number of ether oxygens (including phenoxy) is 3. The Bertz CT molecular complexity index is 1900. The summed E-state index contributed by atoms with van der Waals surface area (Å²) in [7, 11) is 0. The van der Waals surface area contributed by atoms with E-state index in [-0.39, 0.29) is 26.4 Å². The first-order valence-electron chi connectivity index (χ1n) is 20.4. The zero-order valence-corrected chi connectivity index (χ0v) is 34.8. The second-order valence-electron chi connectivity index (χ2n) is 15.4. The molecule has 0 saturated heterocycles. The summed E-state index contributed by atoms with van der Waals surface area (Å²) >= 11 is 0. The van der Waals surface area contributed by atoms with Crippen LogP contribution in [-0.2, 0) is 38.3 Å². The zero-order valence-electron chi connectivity index (χ0n) is 34.8. The van der Waals surface area contributed by atoms with Gasteiger partial charge in [-0.3, -0.25) is 0 Å². The van der Waals surface area contributed by atoms with Gasteiger partial charge in [0.2, 0.25) is 0 Å². The monoisotopic (exact) mass is 774 g/mol. The summed E-state index contributed by atoms with van der Waals surface area (Å²) in [5.74, 6) is -0.102. The maximum absolute atomic E-state index is 12.2. The number of carbonyl (C=O) groups excluding carboxylic acids is 2. The van der Waals surface area contributed by atoms with Crippen LogP contribution in [0, 0.1) is 12.3 Å². The lowest BCUT2D eigenvalue weighted by molar-refractivity contribution is -0.139. The van der Waals surface area contributed by atoms with Gasteiger partial charge in [0.05, 0.1) is 33.0 Å². The first-order chi connectivity index (χ1) is 27.4. The molecule has 0 aliphatic carbocycles. The maximum Gasteiger partial charge on any atom is 0.333 e. The van der Waals surface area contributed by atoms with E-state index in [1.54, 1.807) is 13.8 Å². The number of esters is 2. The predicted octanol–water partition coefficient (Wildman–Crippen LogP) is 10.6. The van der Waals surface area contributed by atoms with Crippen molar-refractivity contribution in [3.8, 4) is 39.1 Å². The second kappa shape index (κ2) is 22.1. The van der Waals surface area contributed by atoms with Crippen molar-refractivity contribution in [3.05, 3.63) is 125 Å². The number of aryl methyl sites for hydroxylation is 4. The third-order valence-electron chi connectivity index (χ3n) is 10.6. The summed E-state index contributed by atoms with van der Waals surface area (Å²) in [6.45, 7) is 17.5. The van der Waals surface area contributed by atoms with E-state index >= 15 is 0 Å². The molecule has 0 radical (unpaired) electrons. The molecule has 0 bridgehead atoms. The van der Waals surface area contributed by atoms with E-state index in [1.165, 1.54) is 27.8 Å². The molecule has 7 nitrogen and oxygen atoms in total. The van der Waals surface area contributed by atoms with E-state index < -0.39 is 17.4 Å². The molecule has 0 saturated carbocycles. The molecule has 0 amide bonds. The molecule has 0 fully saturated rings. The molecule has 0 atom stereocenters. The van der Waals surface area contributed by atoms with Gasteiger partial charge >= 0.3 is 11.9 Å². The van der Waals surface area contributed by atoms with E-state index in [2.05, 4.69) is 113 Å². The number of benzene rings is 4. The predicted molar refractivity (Wildman–Crippen MR) is 231 cm³/mol. The molecule has 0 aliphatic rings. The Hall–Kier alpha value is -4.98. The van der Waals surface area contributed by atoms with Crippen molar-refractivity contribution < 1.29 is 34.0 Å². The van der Waals surface area contributed by atoms with Gasteiger partial charge in [-0.2, -0.15) is 0 Å². The number of hydrogen-bond acceptors (Lipinski definition) is 7. The molecule has 7 heteroatoms. The average molecular weight is 775 g/mol. The molecule has 0 heterocycles. The van der Waals surface area contributed by atoms with Gasteiger partial charge in [-0.15, -0.1) is 0 Å². The summed E-state index contributed by atoms with van der Waals surface area (Å²) in [6.07, 6.45) is 6.20. The van der Waals surface area contributed by atoms with Crippen LogP contribution in [0.1, 0.15) is 88.5 Å². The van der Waals surface area contributed by atoms with Gasteiger partial charge in [-0.1, -0.05) is 112 Å². The van der Waals surface area contributed by atoms with Crippen LogP contribution in [0.2, 0.25) is 0 Å². The van der Waals surface area contributed by atoms with Crippen molar-refractivity contribution in [1.82, 2.24) is 0 Å². The van der Waals surface area contributed by atoms with Crippen molar-refractivity contribution in [2.45, 2.75) is 92.4 Å². The first-order valence-corrected chi connectivity index (χ1v) is 20.4. The normalized spacial score (nSPS) is 11.3. The Labute approximate surface area is 340 Å². The Morgan fingerprint density at radius 1 is 0.614 bits per heavy atom. The lowest BCUT2D eigenvalue weighted by Gasteiger charge is -2.30. The van der Waals surface area contributed by atoms with Gasteiger partial charge in [0.25, 0.3) is 0 Å². The summed E-state index contributed by atoms with van der Waals surface area (Å²) in [5, 5.41) is 20.6. The Balaban J connectivity index is 1.72. The molecule has 4 aromatic carbocycles. The van der Waals surface area contributed by atoms with Crippen LogP contribution in [0.15, 0.2) is 103 Å². The third kappa shape index (κ3) is 12.8. The number of aliphatic hydroxyl groups is 2. The number of unbranched alkanes of at least 4 members (excludes halogenated alkanes) is 1.